The molecular weight excluding hydrogens is 409 g/mol. The maximum atomic E-state index is 13.0. The predicted octanol–water partition coefficient (Wildman–Crippen LogP) is 3.81. The van der Waals surface area contributed by atoms with Gasteiger partial charge in [-0.3, -0.25) is 9.69 Å². The van der Waals surface area contributed by atoms with Crippen molar-refractivity contribution in [2.24, 2.45) is 0 Å². The number of nitrogens with one attached hydrogen (secondary N) is 2. The van der Waals surface area contributed by atoms with Crippen molar-refractivity contribution in [3.05, 3.63) is 47.5 Å². The van der Waals surface area contributed by atoms with E-state index in [1.165, 1.54) is 6.07 Å². The van der Waals surface area contributed by atoms with Crippen LogP contribution in [0.1, 0.15) is 18.1 Å². The van der Waals surface area contributed by atoms with Crippen molar-refractivity contribution in [1.82, 2.24) is 15.1 Å². The lowest BCUT2D eigenvalue weighted by Crippen LogP contribution is -2.52. The largest absolute Gasteiger partial charge is 0.453 e. The van der Waals surface area contributed by atoms with Gasteiger partial charge in [-0.1, -0.05) is 6.07 Å². The number of amides is 1. The van der Waals surface area contributed by atoms with Gasteiger partial charge < -0.3 is 20.3 Å². The van der Waals surface area contributed by atoms with E-state index in [9.17, 15) is 18.0 Å². The Labute approximate surface area is 179 Å². The smallest absolute Gasteiger partial charge is 0.416 e. The van der Waals surface area contributed by atoms with Crippen molar-refractivity contribution in [1.29, 1.82) is 0 Å². The van der Waals surface area contributed by atoms with Crippen molar-refractivity contribution in [2.75, 3.05) is 38.5 Å². The molecule has 1 saturated heterocycles. The maximum Gasteiger partial charge on any atom is 0.416 e. The molecule has 2 aromatic carbocycles. The Morgan fingerprint density at radius 3 is 2.58 bits per heavy atom. The minimum atomic E-state index is -4.44. The van der Waals surface area contributed by atoms with E-state index in [-0.39, 0.29) is 11.7 Å². The van der Waals surface area contributed by atoms with E-state index in [2.05, 4.69) is 34.4 Å². The molecule has 4 rings (SSSR count). The van der Waals surface area contributed by atoms with E-state index >= 15 is 0 Å². The second-order valence-corrected chi connectivity index (χ2v) is 8.11. The van der Waals surface area contributed by atoms with Crippen LogP contribution in [0.3, 0.4) is 0 Å². The number of ether oxygens (including phenoxy) is 1. The summed E-state index contributed by atoms with van der Waals surface area (Å²) in [6.45, 7) is 5.43. The first-order valence-electron chi connectivity index (χ1n) is 10.2. The minimum absolute atomic E-state index is 0.0614. The third-order valence-electron chi connectivity index (χ3n) is 5.74. The second-order valence-electron chi connectivity index (χ2n) is 8.11. The summed E-state index contributed by atoms with van der Waals surface area (Å²) in [5.41, 5.74) is 1.17. The highest BCUT2D eigenvalue weighted by Gasteiger charge is 2.32. The van der Waals surface area contributed by atoms with E-state index in [1.807, 2.05) is 6.07 Å². The number of alkyl halides is 3. The fourth-order valence-corrected chi connectivity index (χ4v) is 3.74. The van der Waals surface area contributed by atoms with Gasteiger partial charge >= 0.3 is 6.18 Å². The first-order chi connectivity index (χ1) is 14.7. The van der Waals surface area contributed by atoms with Crippen LogP contribution >= 0.6 is 0 Å². The minimum Gasteiger partial charge on any atom is -0.453 e. The highest BCUT2D eigenvalue weighted by atomic mass is 19.4. The highest BCUT2D eigenvalue weighted by Crippen LogP contribution is 2.44. The zero-order valence-corrected chi connectivity index (χ0v) is 17.4. The normalized spacial score (nSPS) is 19.1. The summed E-state index contributed by atoms with van der Waals surface area (Å²) in [4.78, 5) is 16.7. The van der Waals surface area contributed by atoms with Gasteiger partial charge in [0.25, 0.3) is 0 Å². The molecule has 0 aliphatic carbocycles. The number of halogens is 3. The van der Waals surface area contributed by atoms with Gasteiger partial charge in [0.05, 0.1) is 23.5 Å². The molecule has 1 unspecified atom stereocenters. The summed E-state index contributed by atoms with van der Waals surface area (Å²) in [6.07, 6.45) is -4.44. The Hall–Kier alpha value is -2.78. The number of nitrogens with zero attached hydrogens (tertiary/aromatic N) is 2. The lowest BCUT2D eigenvalue weighted by atomic mass is 10.1. The van der Waals surface area contributed by atoms with Crippen LogP contribution in [-0.2, 0) is 17.5 Å². The number of rotatable bonds is 4. The molecule has 1 fully saturated rings. The Bertz CT molecular complexity index is 980. The highest BCUT2D eigenvalue weighted by molar-refractivity contribution is 5.78. The third-order valence-corrected chi connectivity index (χ3v) is 5.74. The molecule has 6 nitrogen and oxygen atoms in total. The summed E-state index contributed by atoms with van der Waals surface area (Å²) in [5.74, 6) is 0.479. The summed E-state index contributed by atoms with van der Waals surface area (Å²) in [6, 6.07) is 9.13. The fraction of sp³-hybridized carbons (Fsp3) is 0.409. The molecule has 2 aliphatic rings. The van der Waals surface area contributed by atoms with Crippen molar-refractivity contribution in [3.63, 3.8) is 0 Å². The SMILES string of the molecule is CC1CN(CC(=O)NCc2ccc3c(c2)Oc2cc(C(F)(F)F)ccc2N3)CCN1C. The fourth-order valence-electron chi connectivity index (χ4n) is 3.74. The number of anilines is 2. The predicted molar refractivity (Wildman–Crippen MR) is 112 cm³/mol. The monoisotopic (exact) mass is 434 g/mol. The van der Waals surface area contributed by atoms with Crippen molar-refractivity contribution in [2.45, 2.75) is 25.7 Å². The molecular formula is C22H25F3N4O2. The third kappa shape index (κ3) is 4.94. The summed E-state index contributed by atoms with van der Waals surface area (Å²) in [5, 5.41) is 5.99. The Kier molecular flexibility index (Phi) is 5.81. The van der Waals surface area contributed by atoms with Crippen molar-refractivity contribution in [3.8, 4) is 11.5 Å². The molecule has 2 aliphatic heterocycles. The van der Waals surface area contributed by atoms with E-state index < -0.39 is 11.7 Å². The van der Waals surface area contributed by atoms with Crippen LogP contribution < -0.4 is 15.4 Å². The lowest BCUT2D eigenvalue weighted by molar-refractivity contribution is -0.137. The van der Waals surface area contributed by atoms with Crippen LogP contribution in [0.5, 0.6) is 11.5 Å². The van der Waals surface area contributed by atoms with E-state index in [1.54, 1.807) is 12.1 Å². The van der Waals surface area contributed by atoms with Crippen LogP contribution in [0.15, 0.2) is 36.4 Å². The quantitative estimate of drug-likeness (QED) is 0.654. The van der Waals surface area contributed by atoms with Gasteiger partial charge in [0, 0.05) is 32.2 Å². The molecule has 0 aromatic heterocycles. The first-order valence-corrected chi connectivity index (χ1v) is 10.2. The number of hydrogen-bond acceptors (Lipinski definition) is 5. The summed E-state index contributed by atoms with van der Waals surface area (Å²) in [7, 11) is 2.08. The topological polar surface area (TPSA) is 56.8 Å². The van der Waals surface area contributed by atoms with Gasteiger partial charge in [-0.15, -0.1) is 0 Å². The summed E-state index contributed by atoms with van der Waals surface area (Å²) < 4.78 is 44.7. The molecule has 0 saturated carbocycles. The number of piperazine rings is 1. The molecule has 2 heterocycles. The van der Waals surface area contributed by atoms with Gasteiger partial charge in [-0.05, 0) is 49.9 Å². The number of benzene rings is 2. The molecule has 166 valence electrons. The molecule has 0 bridgehead atoms. The number of likely N-dealkylation sites (N-methyl/N-ethyl adjacent to an activating group) is 1. The van der Waals surface area contributed by atoms with Crippen LogP contribution in [0, 0.1) is 0 Å². The standard InChI is InChI=1S/C22H25F3N4O2/c1-14-12-29(8-7-28(14)2)13-21(30)26-11-15-3-5-17-19(9-15)31-20-10-16(22(23,24)25)4-6-18(20)27-17/h3-6,9-10,14,27H,7-8,11-13H2,1-2H3,(H,26,30). The average molecular weight is 434 g/mol. The first kappa shape index (κ1) is 21.5. The van der Waals surface area contributed by atoms with Crippen LogP contribution in [0.4, 0.5) is 24.5 Å². The molecule has 0 spiro atoms. The van der Waals surface area contributed by atoms with E-state index in [0.717, 1.165) is 37.3 Å². The number of hydrogen-bond donors (Lipinski definition) is 2. The van der Waals surface area contributed by atoms with Gasteiger partial charge in [-0.25, -0.2) is 0 Å². The van der Waals surface area contributed by atoms with Crippen molar-refractivity contribution < 1.29 is 22.7 Å². The van der Waals surface area contributed by atoms with Gasteiger partial charge in [-0.2, -0.15) is 13.2 Å². The Morgan fingerprint density at radius 2 is 1.87 bits per heavy atom. The van der Waals surface area contributed by atoms with Gasteiger partial charge in [0.2, 0.25) is 5.91 Å². The molecule has 1 atom stereocenters. The molecule has 9 heteroatoms. The number of fused-ring (bicyclic) bond motifs is 2. The molecule has 31 heavy (non-hydrogen) atoms. The number of carbonyl (C=O) groups is 1. The molecule has 2 aromatic rings. The molecule has 2 N–H and O–H groups in total. The number of carbonyl (C=O) groups excluding carboxylic acids is 1. The van der Waals surface area contributed by atoms with Crippen LogP contribution in [0.2, 0.25) is 0 Å². The Morgan fingerprint density at radius 1 is 1.16 bits per heavy atom. The maximum absolute atomic E-state index is 13.0. The average Bonchev–Trinajstić information content (AvgIpc) is 2.72. The van der Waals surface area contributed by atoms with Crippen molar-refractivity contribution >= 4 is 17.3 Å². The van der Waals surface area contributed by atoms with Gasteiger partial charge in [0.15, 0.2) is 11.5 Å². The summed E-state index contributed by atoms with van der Waals surface area (Å²) >= 11 is 0. The van der Waals surface area contributed by atoms with E-state index in [4.69, 9.17) is 4.74 Å². The lowest BCUT2D eigenvalue weighted by Gasteiger charge is -2.37. The molecule has 0 radical (unpaired) electrons. The van der Waals surface area contributed by atoms with Crippen LogP contribution in [-0.4, -0.2) is 55.0 Å². The molecule has 1 amide bonds. The second kappa shape index (κ2) is 8.39. The van der Waals surface area contributed by atoms with E-state index in [0.29, 0.717) is 36.3 Å². The zero-order chi connectivity index (χ0) is 22.2. The zero-order valence-electron chi connectivity index (χ0n) is 17.4. The Balaban J connectivity index is 1.37. The van der Waals surface area contributed by atoms with Gasteiger partial charge in [0.1, 0.15) is 0 Å². The van der Waals surface area contributed by atoms with Crippen LogP contribution in [0.25, 0.3) is 0 Å².